The zero-order valence-corrected chi connectivity index (χ0v) is 13.1. The molecule has 1 aromatic heterocycles. The second kappa shape index (κ2) is 6.57. The van der Waals surface area contributed by atoms with Gasteiger partial charge < -0.3 is 10.2 Å². The second-order valence-corrected chi connectivity index (χ2v) is 6.26. The highest BCUT2D eigenvalue weighted by atomic mass is 32.2. The summed E-state index contributed by atoms with van der Waals surface area (Å²) in [6, 6.07) is 1.17. The third kappa shape index (κ3) is 4.08. The Balaban J connectivity index is 1.99. The van der Waals surface area contributed by atoms with E-state index in [4.69, 9.17) is 0 Å². The van der Waals surface area contributed by atoms with Crippen molar-refractivity contribution in [1.29, 1.82) is 0 Å². The van der Waals surface area contributed by atoms with Crippen LogP contribution in [0.3, 0.4) is 0 Å². The fraction of sp³-hybridized carbons (Fsp3) is 0.714. The van der Waals surface area contributed by atoms with E-state index in [-0.39, 0.29) is 0 Å². The number of thioether (sulfide) groups is 1. The van der Waals surface area contributed by atoms with Gasteiger partial charge in [-0.2, -0.15) is 11.8 Å². The van der Waals surface area contributed by atoms with Crippen LogP contribution in [0.15, 0.2) is 6.20 Å². The number of hydrogen-bond donors (Lipinski definition) is 1. The van der Waals surface area contributed by atoms with Crippen molar-refractivity contribution < 1.29 is 0 Å². The quantitative estimate of drug-likeness (QED) is 0.829. The van der Waals surface area contributed by atoms with Crippen molar-refractivity contribution in [2.24, 2.45) is 0 Å². The molecule has 5 heteroatoms. The molecule has 0 amide bonds. The minimum absolute atomic E-state index is 0.449. The number of aryl methyl sites for hydroxylation is 1. The van der Waals surface area contributed by atoms with Crippen molar-refractivity contribution in [1.82, 2.24) is 15.3 Å². The summed E-state index contributed by atoms with van der Waals surface area (Å²) < 4.78 is 0. The maximum absolute atomic E-state index is 4.64. The summed E-state index contributed by atoms with van der Waals surface area (Å²) in [6.45, 7) is 5.17. The van der Waals surface area contributed by atoms with E-state index in [0.29, 0.717) is 6.04 Å². The molecule has 1 unspecified atom stereocenters. The van der Waals surface area contributed by atoms with Crippen LogP contribution in [-0.4, -0.2) is 41.1 Å². The fourth-order valence-corrected chi connectivity index (χ4v) is 2.62. The lowest BCUT2D eigenvalue weighted by molar-refractivity contribution is 0.675. The topological polar surface area (TPSA) is 41.1 Å². The fourth-order valence-electron chi connectivity index (χ4n) is 1.92. The molecule has 106 valence electrons. The van der Waals surface area contributed by atoms with E-state index in [1.807, 2.05) is 18.0 Å². The van der Waals surface area contributed by atoms with Crippen molar-refractivity contribution in [3.05, 3.63) is 17.5 Å². The maximum atomic E-state index is 4.64. The zero-order chi connectivity index (χ0) is 13.8. The van der Waals surface area contributed by atoms with Crippen molar-refractivity contribution in [3.63, 3.8) is 0 Å². The largest absolute Gasteiger partial charge is 0.340 e. The monoisotopic (exact) mass is 280 g/mol. The molecule has 0 bridgehead atoms. The molecule has 0 aliphatic heterocycles. The Kier molecular flexibility index (Phi) is 5.05. The predicted octanol–water partition coefficient (Wildman–Crippen LogP) is 2.22. The van der Waals surface area contributed by atoms with E-state index in [9.17, 15) is 0 Å². The van der Waals surface area contributed by atoms with Crippen LogP contribution >= 0.6 is 11.8 Å². The number of rotatable bonds is 7. The summed E-state index contributed by atoms with van der Waals surface area (Å²) in [5.41, 5.74) is 2.29. The molecule has 4 nitrogen and oxygen atoms in total. The van der Waals surface area contributed by atoms with Gasteiger partial charge in [-0.25, -0.2) is 9.97 Å². The molecule has 1 heterocycles. The molecule has 0 spiro atoms. The molecule has 0 aromatic carbocycles. The summed E-state index contributed by atoms with van der Waals surface area (Å²) in [7, 11) is 2.07. The third-order valence-corrected chi connectivity index (χ3v) is 4.43. The van der Waals surface area contributed by atoms with E-state index < -0.39 is 0 Å². The minimum Gasteiger partial charge on any atom is -0.340 e. The van der Waals surface area contributed by atoms with Crippen LogP contribution in [0, 0.1) is 6.92 Å². The molecule has 1 fully saturated rings. The van der Waals surface area contributed by atoms with E-state index in [2.05, 4.69) is 47.3 Å². The molecule has 0 saturated heterocycles. The molecule has 1 saturated carbocycles. The first-order valence-corrected chi connectivity index (χ1v) is 8.29. The highest BCUT2D eigenvalue weighted by Crippen LogP contribution is 2.20. The van der Waals surface area contributed by atoms with Gasteiger partial charge in [-0.3, -0.25) is 0 Å². The summed E-state index contributed by atoms with van der Waals surface area (Å²) >= 11 is 1.85. The molecular weight excluding hydrogens is 256 g/mol. The molecule has 1 atom stereocenters. The SMILES string of the molecule is CSCC(C)N(C)c1ncc(CNC2CC2)c(C)n1. The highest BCUT2D eigenvalue weighted by molar-refractivity contribution is 7.98. The van der Waals surface area contributed by atoms with E-state index in [1.165, 1.54) is 18.4 Å². The standard InChI is InChI=1S/C14H24N4S/c1-10(9-19-4)18(3)14-16-8-12(11(2)17-14)7-15-13-5-6-13/h8,10,13,15H,5-7,9H2,1-4H3. The first-order chi connectivity index (χ1) is 9.11. The number of nitrogens with zero attached hydrogens (tertiary/aromatic N) is 3. The predicted molar refractivity (Wildman–Crippen MR) is 82.9 cm³/mol. The summed E-state index contributed by atoms with van der Waals surface area (Å²) in [5.74, 6) is 1.92. The van der Waals surface area contributed by atoms with E-state index >= 15 is 0 Å². The van der Waals surface area contributed by atoms with Gasteiger partial charge in [-0.1, -0.05) is 0 Å². The van der Waals surface area contributed by atoms with Crippen molar-refractivity contribution >= 4 is 17.7 Å². The van der Waals surface area contributed by atoms with Crippen LogP contribution in [-0.2, 0) is 6.54 Å². The Labute approximate surface area is 120 Å². The molecule has 0 radical (unpaired) electrons. The van der Waals surface area contributed by atoms with Crippen molar-refractivity contribution in [3.8, 4) is 0 Å². The van der Waals surface area contributed by atoms with E-state index in [1.54, 1.807) is 0 Å². The van der Waals surface area contributed by atoms with Crippen LogP contribution < -0.4 is 10.2 Å². The second-order valence-electron chi connectivity index (χ2n) is 5.35. The van der Waals surface area contributed by atoms with Gasteiger partial charge in [0.25, 0.3) is 0 Å². The highest BCUT2D eigenvalue weighted by Gasteiger charge is 2.20. The Bertz CT molecular complexity index is 420. The van der Waals surface area contributed by atoms with Gasteiger partial charge in [-0.05, 0) is 32.9 Å². The van der Waals surface area contributed by atoms with E-state index in [0.717, 1.165) is 30.0 Å². The first-order valence-electron chi connectivity index (χ1n) is 6.89. The van der Waals surface area contributed by atoms with Gasteiger partial charge in [0.15, 0.2) is 0 Å². The van der Waals surface area contributed by atoms with Crippen LogP contribution in [0.4, 0.5) is 5.95 Å². The Hall–Kier alpha value is -0.810. The van der Waals surface area contributed by atoms with Gasteiger partial charge in [0, 0.05) is 48.9 Å². The lowest BCUT2D eigenvalue weighted by Gasteiger charge is -2.24. The van der Waals surface area contributed by atoms with Gasteiger partial charge in [0.05, 0.1) is 0 Å². The van der Waals surface area contributed by atoms with Gasteiger partial charge in [0.1, 0.15) is 0 Å². The lowest BCUT2D eigenvalue weighted by Crippen LogP contribution is -2.32. The molecular formula is C14H24N4S. The van der Waals surface area contributed by atoms with Crippen molar-refractivity contribution in [2.45, 2.75) is 45.3 Å². The van der Waals surface area contributed by atoms with Crippen LogP contribution in [0.5, 0.6) is 0 Å². The Morgan fingerprint density at radius 2 is 2.26 bits per heavy atom. The van der Waals surface area contributed by atoms with Crippen molar-refractivity contribution in [2.75, 3.05) is 24.0 Å². The zero-order valence-electron chi connectivity index (χ0n) is 12.3. The molecule has 1 N–H and O–H groups in total. The van der Waals surface area contributed by atoms with Gasteiger partial charge in [-0.15, -0.1) is 0 Å². The van der Waals surface area contributed by atoms with Crippen LogP contribution in [0.25, 0.3) is 0 Å². The number of aromatic nitrogens is 2. The smallest absolute Gasteiger partial charge is 0.225 e. The Morgan fingerprint density at radius 3 is 2.84 bits per heavy atom. The van der Waals surface area contributed by atoms with Gasteiger partial charge >= 0.3 is 0 Å². The van der Waals surface area contributed by atoms with Crippen LogP contribution in [0.2, 0.25) is 0 Å². The van der Waals surface area contributed by atoms with Crippen LogP contribution in [0.1, 0.15) is 31.0 Å². The Morgan fingerprint density at radius 1 is 1.53 bits per heavy atom. The summed E-state index contributed by atoms with van der Waals surface area (Å²) in [6.07, 6.45) is 6.72. The average molecular weight is 280 g/mol. The maximum Gasteiger partial charge on any atom is 0.225 e. The molecule has 1 aromatic rings. The third-order valence-electron chi connectivity index (χ3n) is 3.61. The summed E-state index contributed by atoms with van der Waals surface area (Å²) in [4.78, 5) is 11.3. The normalized spacial score (nSPS) is 16.4. The van der Waals surface area contributed by atoms with Gasteiger partial charge in [0.2, 0.25) is 5.95 Å². The average Bonchev–Trinajstić information content (AvgIpc) is 3.20. The number of nitrogens with one attached hydrogen (secondary N) is 1. The number of hydrogen-bond acceptors (Lipinski definition) is 5. The molecule has 1 aliphatic rings. The lowest BCUT2D eigenvalue weighted by atomic mass is 10.2. The summed E-state index contributed by atoms with van der Waals surface area (Å²) in [5, 5.41) is 3.51. The first kappa shape index (κ1) is 14.6. The minimum atomic E-state index is 0.449. The molecule has 2 rings (SSSR count). The number of anilines is 1. The molecule has 1 aliphatic carbocycles. The molecule has 19 heavy (non-hydrogen) atoms.